The number of amides is 2. The minimum Gasteiger partial charge on any atom is -0.481 e. The van der Waals surface area contributed by atoms with Crippen LogP contribution in [0.4, 0.5) is 0 Å². The number of carbonyl (C=O) groups is 3. The molecule has 0 heterocycles. The van der Waals surface area contributed by atoms with Gasteiger partial charge in [0.25, 0.3) is 5.91 Å². The number of hydrogen-bond acceptors (Lipinski definition) is 4. The fourth-order valence-corrected chi connectivity index (χ4v) is 2.62. The second-order valence-corrected chi connectivity index (χ2v) is 5.79. The largest absolute Gasteiger partial charge is 0.481 e. The van der Waals surface area contributed by atoms with E-state index in [1.54, 1.807) is 4.90 Å². The Morgan fingerprint density at radius 1 is 1.04 bits per heavy atom. The van der Waals surface area contributed by atoms with Gasteiger partial charge >= 0.3 is 5.97 Å². The molecule has 0 aromatic heterocycles. The number of nitrogens with zero attached hydrogens (tertiary/aromatic N) is 1. The summed E-state index contributed by atoms with van der Waals surface area (Å²) in [7, 11) is 0. The Kier molecular flexibility index (Phi) is 10.2. The molecule has 0 saturated heterocycles. The van der Waals surface area contributed by atoms with Crippen LogP contribution in [0.5, 0.6) is 0 Å². The molecule has 0 bridgehead atoms. The summed E-state index contributed by atoms with van der Waals surface area (Å²) in [6.07, 6.45) is 3.74. The van der Waals surface area contributed by atoms with E-state index in [0.717, 1.165) is 25.7 Å². The van der Waals surface area contributed by atoms with Gasteiger partial charge in [-0.05, 0) is 19.3 Å². The van der Waals surface area contributed by atoms with Gasteiger partial charge < -0.3 is 16.2 Å². The molecule has 7 nitrogen and oxygen atoms in total. The summed E-state index contributed by atoms with van der Waals surface area (Å²) >= 11 is 0. The summed E-state index contributed by atoms with van der Waals surface area (Å²) in [5.74, 6) is -2.34. The maximum Gasteiger partial charge on any atom is 0.307 e. The molecule has 0 aromatic rings. The Balaban J connectivity index is 5.41. The SMILES string of the molecule is CCCCCC(=O)NC(CC(=O)O)(C(N)=O)N(CCC)CCC. The Labute approximate surface area is 138 Å². The van der Waals surface area contributed by atoms with Crippen LogP contribution in [0.15, 0.2) is 0 Å². The number of carboxylic acid groups (broad SMARTS) is 1. The minimum absolute atomic E-state index is 0.259. The number of primary amides is 1. The number of rotatable bonds is 13. The normalized spacial score (nSPS) is 13.6. The predicted molar refractivity (Wildman–Crippen MR) is 88.6 cm³/mol. The van der Waals surface area contributed by atoms with Crippen molar-refractivity contribution in [2.45, 2.75) is 71.4 Å². The highest BCUT2D eigenvalue weighted by atomic mass is 16.4. The number of aliphatic carboxylic acids is 1. The maximum atomic E-state index is 12.2. The van der Waals surface area contributed by atoms with Crippen molar-refractivity contribution in [3.8, 4) is 0 Å². The molecule has 23 heavy (non-hydrogen) atoms. The van der Waals surface area contributed by atoms with Gasteiger partial charge in [-0.2, -0.15) is 0 Å². The van der Waals surface area contributed by atoms with Crippen LogP contribution in [0.1, 0.15) is 65.7 Å². The molecule has 1 atom stereocenters. The third-order valence-electron chi connectivity index (χ3n) is 3.70. The molecule has 0 aliphatic carbocycles. The van der Waals surface area contributed by atoms with Crippen molar-refractivity contribution in [3.05, 3.63) is 0 Å². The van der Waals surface area contributed by atoms with Crippen molar-refractivity contribution in [2.75, 3.05) is 13.1 Å². The molecule has 134 valence electrons. The van der Waals surface area contributed by atoms with Crippen molar-refractivity contribution < 1.29 is 19.5 Å². The van der Waals surface area contributed by atoms with Gasteiger partial charge in [-0.15, -0.1) is 0 Å². The van der Waals surface area contributed by atoms with Crippen LogP contribution in [-0.4, -0.2) is 46.5 Å². The zero-order valence-electron chi connectivity index (χ0n) is 14.6. The van der Waals surface area contributed by atoms with E-state index >= 15 is 0 Å². The van der Waals surface area contributed by atoms with E-state index in [4.69, 9.17) is 5.73 Å². The number of nitrogens with one attached hydrogen (secondary N) is 1. The van der Waals surface area contributed by atoms with E-state index in [2.05, 4.69) is 5.32 Å². The standard InChI is InChI=1S/C16H31N3O4/c1-4-7-8-9-13(20)18-16(15(17)23,12-14(21)22)19(10-5-2)11-6-3/h4-12H2,1-3H3,(H2,17,23)(H,18,20)(H,21,22). The van der Waals surface area contributed by atoms with Crippen molar-refractivity contribution in [1.82, 2.24) is 10.2 Å². The molecule has 4 N–H and O–H groups in total. The highest BCUT2D eigenvalue weighted by Gasteiger charge is 2.45. The summed E-state index contributed by atoms with van der Waals surface area (Å²) < 4.78 is 0. The first kappa shape index (κ1) is 21.4. The maximum absolute atomic E-state index is 12.2. The van der Waals surface area contributed by atoms with Crippen LogP contribution in [0.25, 0.3) is 0 Å². The molecule has 0 saturated carbocycles. The Bertz CT molecular complexity index is 395. The Morgan fingerprint density at radius 2 is 1.61 bits per heavy atom. The Morgan fingerprint density at radius 3 is 2.00 bits per heavy atom. The third-order valence-corrected chi connectivity index (χ3v) is 3.70. The molecule has 0 spiro atoms. The highest BCUT2D eigenvalue weighted by Crippen LogP contribution is 2.19. The molecule has 0 aromatic carbocycles. The zero-order valence-corrected chi connectivity index (χ0v) is 14.6. The van der Waals surface area contributed by atoms with Crippen LogP contribution in [0, 0.1) is 0 Å². The van der Waals surface area contributed by atoms with Gasteiger partial charge in [0, 0.05) is 19.5 Å². The first-order chi connectivity index (χ1) is 10.8. The first-order valence-electron chi connectivity index (χ1n) is 8.41. The quantitative estimate of drug-likeness (QED) is 0.350. The van der Waals surface area contributed by atoms with Gasteiger partial charge in [0.1, 0.15) is 0 Å². The van der Waals surface area contributed by atoms with Crippen LogP contribution >= 0.6 is 0 Å². The summed E-state index contributed by atoms with van der Waals surface area (Å²) in [5, 5.41) is 11.8. The average molecular weight is 329 g/mol. The van der Waals surface area contributed by atoms with Gasteiger partial charge in [0.15, 0.2) is 5.66 Å². The number of nitrogens with two attached hydrogens (primary N) is 1. The topological polar surface area (TPSA) is 113 Å². The molecule has 0 rings (SSSR count). The van der Waals surface area contributed by atoms with Crippen molar-refractivity contribution in [1.29, 1.82) is 0 Å². The molecule has 2 amide bonds. The lowest BCUT2D eigenvalue weighted by molar-refractivity contribution is -0.151. The van der Waals surface area contributed by atoms with Crippen LogP contribution in [0.2, 0.25) is 0 Å². The lowest BCUT2D eigenvalue weighted by Gasteiger charge is -2.41. The second kappa shape index (κ2) is 11.0. The van der Waals surface area contributed by atoms with Crippen LogP contribution in [0.3, 0.4) is 0 Å². The molecular formula is C16H31N3O4. The molecule has 0 aliphatic heterocycles. The lowest BCUT2D eigenvalue weighted by Crippen LogP contribution is -2.68. The highest BCUT2D eigenvalue weighted by molar-refractivity contribution is 5.93. The van der Waals surface area contributed by atoms with Crippen LogP contribution in [-0.2, 0) is 14.4 Å². The monoisotopic (exact) mass is 329 g/mol. The number of carbonyl (C=O) groups excluding carboxylic acids is 2. The fraction of sp³-hybridized carbons (Fsp3) is 0.812. The van der Waals surface area contributed by atoms with E-state index < -0.39 is 24.0 Å². The zero-order chi connectivity index (χ0) is 17.9. The van der Waals surface area contributed by atoms with Gasteiger partial charge in [-0.25, -0.2) is 0 Å². The van der Waals surface area contributed by atoms with Crippen LogP contribution < -0.4 is 11.1 Å². The summed E-state index contributed by atoms with van der Waals surface area (Å²) in [5.41, 5.74) is 3.86. The first-order valence-corrected chi connectivity index (χ1v) is 8.41. The smallest absolute Gasteiger partial charge is 0.307 e. The van der Waals surface area contributed by atoms with E-state index in [1.165, 1.54) is 0 Å². The van der Waals surface area contributed by atoms with E-state index in [1.807, 2.05) is 20.8 Å². The van der Waals surface area contributed by atoms with E-state index in [9.17, 15) is 19.5 Å². The number of hydrogen-bond donors (Lipinski definition) is 3. The number of carboxylic acids is 1. The fourth-order valence-electron chi connectivity index (χ4n) is 2.62. The Hall–Kier alpha value is -1.63. The van der Waals surface area contributed by atoms with Gasteiger partial charge in [-0.1, -0.05) is 33.6 Å². The number of unbranched alkanes of at least 4 members (excludes halogenated alkanes) is 2. The molecule has 0 aliphatic rings. The van der Waals surface area contributed by atoms with E-state index in [-0.39, 0.29) is 12.3 Å². The summed E-state index contributed by atoms with van der Waals surface area (Å²) in [6, 6.07) is 0. The van der Waals surface area contributed by atoms with Crippen molar-refractivity contribution in [2.24, 2.45) is 5.73 Å². The molecule has 0 fully saturated rings. The molecule has 7 heteroatoms. The van der Waals surface area contributed by atoms with Gasteiger partial charge in [0.2, 0.25) is 5.91 Å². The lowest BCUT2D eigenvalue weighted by atomic mass is 10.0. The molecule has 0 radical (unpaired) electrons. The predicted octanol–water partition coefficient (Wildman–Crippen LogP) is 1.46. The summed E-state index contributed by atoms with van der Waals surface area (Å²) in [4.78, 5) is 37.3. The average Bonchev–Trinajstić information content (AvgIpc) is 2.45. The molecule has 1 unspecified atom stereocenters. The van der Waals surface area contributed by atoms with Gasteiger partial charge in [-0.3, -0.25) is 19.3 Å². The minimum atomic E-state index is -1.67. The van der Waals surface area contributed by atoms with E-state index in [0.29, 0.717) is 19.5 Å². The summed E-state index contributed by atoms with van der Waals surface area (Å²) in [6.45, 7) is 6.86. The van der Waals surface area contributed by atoms with Crippen molar-refractivity contribution >= 4 is 17.8 Å². The third kappa shape index (κ3) is 6.99. The van der Waals surface area contributed by atoms with Crippen molar-refractivity contribution in [3.63, 3.8) is 0 Å². The van der Waals surface area contributed by atoms with Gasteiger partial charge in [0.05, 0.1) is 6.42 Å². The second-order valence-electron chi connectivity index (χ2n) is 5.79. The molecular weight excluding hydrogens is 298 g/mol.